The molecule has 2 aliphatic rings. The highest BCUT2D eigenvalue weighted by Gasteiger charge is 2.30. The van der Waals surface area contributed by atoms with Crippen molar-refractivity contribution in [1.29, 1.82) is 0 Å². The second-order valence-electron chi connectivity index (χ2n) is 6.25. The molecule has 0 saturated carbocycles. The van der Waals surface area contributed by atoms with Crippen LogP contribution in [-0.4, -0.2) is 11.8 Å². The van der Waals surface area contributed by atoms with Crippen LogP contribution in [0.25, 0.3) is 10.9 Å². The Morgan fingerprint density at radius 2 is 1.96 bits per heavy atom. The fourth-order valence-electron chi connectivity index (χ4n) is 3.80. The van der Waals surface area contributed by atoms with Gasteiger partial charge in [0.25, 0.3) is 0 Å². The van der Waals surface area contributed by atoms with Crippen molar-refractivity contribution in [3.05, 3.63) is 58.2 Å². The number of nitrogens with two attached hydrogens (primary N) is 1. The minimum absolute atomic E-state index is 0.227. The lowest BCUT2D eigenvalue weighted by Gasteiger charge is -2.16. The number of anilines is 1. The normalized spacial score (nSPS) is 18.1. The van der Waals surface area contributed by atoms with Crippen LogP contribution in [0.15, 0.2) is 36.4 Å². The van der Waals surface area contributed by atoms with E-state index in [4.69, 9.17) is 31.8 Å². The van der Waals surface area contributed by atoms with Crippen LogP contribution in [0, 0.1) is 0 Å². The Labute approximate surface area is 144 Å². The van der Waals surface area contributed by atoms with Gasteiger partial charge in [0.15, 0.2) is 11.5 Å². The number of nitrogen functional groups attached to an aromatic ring is 1. The SMILES string of the molecule is Nc1c2c(nc3ccc(Cl)cc13)CCC2c1ccc2c(c1)OCO2. The van der Waals surface area contributed by atoms with E-state index in [1.807, 2.05) is 24.3 Å². The van der Waals surface area contributed by atoms with Crippen LogP contribution >= 0.6 is 11.6 Å². The number of ether oxygens (including phenoxy) is 2. The minimum atomic E-state index is 0.227. The van der Waals surface area contributed by atoms with Crippen LogP contribution in [0.4, 0.5) is 5.69 Å². The molecule has 5 heteroatoms. The van der Waals surface area contributed by atoms with Gasteiger partial charge in [-0.3, -0.25) is 4.98 Å². The lowest BCUT2D eigenvalue weighted by molar-refractivity contribution is 0.174. The smallest absolute Gasteiger partial charge is 0.231 e. The second-order valence-corrected chi connectivity index (χ2v) is 6.69. The molecule has 0 fully saturated rings. The summed E-state index contributed by atoms with van der Waals surface area (Å²) in [5.74, 6) is 1.83. The Morgan fingerprint density at radius 3 is 2.88 bits per heavy atom. The third-order valence-corrected chi connectivity index (χ3v) is 5.16. The molecule has 2 heterocycles. The topological polar surface area (TPSA) is 57.4 Å². The molecule has 0 amide bonds. The Morgan fingerprint density at radius 1 is 1.08 bits per heavy atom. The third kappa shape index (κ3) is 1.96. The minimum Gasteiger partial charge on any atom is -0.454 e. The number of rotatable bonds is 1. The number of aryl methyl sites for hydroxylation is 1. The summed E-state index contributed by atoms with van der Waals surface area (Å²) in [5.41, 5.74) is 11.6. The first kappa shape index (κ1) is 13.9. The van der Waals surface area contributed by atoms with E-state index in [1.54, 1.807) is 0 Å². The zero-order chi connectivity index (χ0) is 16.3. The first-order valence-corrected chi connectivity index (χ1v) is 8.35. The molecule has 0 bridgehead atoms. The average Bonchev–Trinajstić information content (AvgIpc) is 3.21. The Bertz CT molecular complexity index is 987. The molecular weight excluding hydrogens is 324 g/mol. The number of hydrogen-bond donors (Lipinski definition) is 1. The highest BCUT2D eigenvalue weighted by molar-refractivity contribution is 6.31. The van der Waals surface area contributed by atoms with E-state index in [0.29, 0.717) is 5.02 Å². The summed E-state index contributed by atoms with van der Waals surface area (Å²) in [6.45, 7) is 0.285. The van der Waals surface area contributed by atoms with Crippen LogP contribution in [-0.2, 0) is 6.42 Å². The van der Waals surface area contributed by atoms with Gasteiger partial charge in [0.2, 0.25) is 6.79 Å². The van der Waals surface area contributed by atoms with Crippen LogP contribution in [0.1, 0.15) is 29.2 Å². The van der Waals surface area contributed by atoms with E-state index >= 15 is 0 Å². The van der Waals surface area contributed by atoms with E-state index in [9.17, 15) is 0 Å². The maximum atomic E-state index is 6.53. The van der Waals surface area contributed by atoms with Crippen molar-refractivity contribution in [2.75, 3.05) is 12.5 Å². The lowest BCUT2D eigenvalue weighted by atomic mass is 9.91. The fourth-order valence-corrected chi connectivity index (χ4v) is 3.97. The summed E-state index contributed by atoms with van der Waals surface area (Å²) < 4.78 is 10.9. The fraction of sp³-hybridized carbons (Fsp3) is 0.211. The van der Waals surface area contributed by atoms with Crippen LogP contribution in [0.2, 0.25) is 5.02 Å². The van der Waals surface area contributed by atoms with Crippen molar-refractivity contribution in [3.63, 3.8) is 0 Å². The monoisotopic (exact) mass is 338 g/mol. The van der Waals surface area contributed by atoms with Crippen LogP contribution in [0.3, 0.4) is 0 Å². The Kier molecular flexibility index (Phi) is 2.91. The highest BCUT2D eigenvalue weighted by atomic mass is 35.5. The molecule has 0 radical (unpaired) electrons. The van der Waals surface area contributed by atoms with E-state index < -0.39 is 0 Å². The van der Waals surface area contributed by atoms with Gasteiger partial charge in [-0.25, -0.2) is 0 Å². The molecule has 0 spiro atoms. The predicted octanol–water partition coefficient (Wildman–Crippen LogP) is 4.28. The summed E-state index contributed by atoms with van der Waals surface area (Å²) >= 11 is 6.15. The number of halogens is 1. The molecule has 0 saturated heterocycles. The number of pyridine rings is 1. The molecule has 2 aromatic carbocycles. The van der Waals surface area contributed by atoms with Crippen molar-refractivity contribution in [3.8, 4) is 11.5 Å². The Hall–Kier alpha value is -2.46. The first-order valence-electron chi connectivity index (χ1n) is 7.98. The van der Waals surface area contributed by atoms with Crippen molar-refractivity contribution >= 4 is 28.2 Å². The number of benzene rings is 2. The van der Waals surface area contributed by atoms with Gasteiger partial charge in [-0.1, -0.05) is 17.7 Å². The van der Waals surface area contributed by atoms with Gasteiger partial charge in [0.1, 0.15) is 0 Å². The second kappa shape index (κ2) is 5.02. The Balaban J connectivity index is 1.68. The average molecular weight is 339 g/mol. The third-order valence-electron chi connectivity index (χ3n) is 4.92. The van der Waals surface area contributed by atoms with Crippen molar-refractivity contribution in [2.24, 2.45) is 0 Å². The molecule has 5 rings (SSSR count). The van der Waals surface area contributed by atoms with Gasteiger partial charge in [-0.15, -0.1) is 0 Å². The predicted molar refractivity (Wildman–Crippen MR) is 93.9 cm³/mol. The molecule has 2 N–H and O–H groups in total. The summed E-state index contributed by atoms with van der Waals surface area (Å²) in [6.07, 6.45) is 1.92. The molecular formula is C19H15ClN2O2. The molecule has 4 nitrogen and oxygen atoms in total. The van der Waals surface area contributed by atoms with Gasteiger partial charge >= 0.3 is 0 Å². The summed E-state index contributed by atoms with van der Waals surface area (Å²) in [4.78, 5) is 4.81. The van der Waals surface area contributed by atoms with Gasteiger partial charge in [-0.2, -0.15) is 0 Å². The standard InChI is InChI=1S/C19H15ClN2O2/c20-11-2-4-14-13(8-11)19(21)18-12(3-5-15(18)22-14)10-1-6-16-17(7-10)24-9-23-16/h1-2,4,6-8,12H,3,5,9H2,(H2,21,22). The quantitative estimate of drug-likeness (QED) is 0.719. The van der Waals surface area contributed by atoms with E-state index in [-0.39, 0.29) is 12.7 Å². The maximum absolute atomic E-state index is 6.53. The number of hydrogen-bond acceptors (Lipinski definition) is 4. The van der Waals surface area contributed by atoms with E-state index in [0.717, 1.165) is 52.2 Å². The number of nitrogens with zero attached hydrogens (tertiary/aromatic N) is 1. The van der Waals surface area contributed by atoms with Gasteiger partial charge in [-0.05, 0) is 48.7 Å². The largest absolute Gasteiger partial charge is 0.454 e. The molecule has 24 heavy (non-hydrogen) atoms. The molecule has 3 aromatic rings. The van der Waals surface area contributed by atoms with Gasteiger partial charge in [0.05, 0.1) is 5.52 Å². The molecule has 1 atom stereocenters. The zero-order valence-corrected chi connectivity index (χ0v) is 13.6. The maximum Gasteiger partial charge on any atom is 0.231 e. The van der Waals surface area contributed by atoms with Crippen molar-refractivity contribution < 1.29 is 9.47 Å². The first-order chi connectivity index (χ1) is 11.7. The molecule has 1 unspecified atom stereocenters. The van der Waals surface area contributed by atoms with E-state index in [1.165, 1.54) is 5.56 Å². The van der Waals surface area contributed by atoms with E-state index in [2.05, 4.69) is 12.1 Å². The lowest BCUT2D eigenvalue weighted by Crippen LogP contribution is -2.03. The summed E-state index contributed by atoms with van der Waals surface area (Å²) in [5, 5.41) is 1.60. The zero-order valence-electron chi connectivity index (χ0n) is 12.9. The van der Waals surface area contributed by atoms with Crippen LogP contribution in [0.5, 0.6) is 11.5 Å². The van der Waals surface area contributed by atoms with Crippen LogP contribution < -0.4 is 15.2 Å². The summed E-state index contributed by atoms with van der Waals surface area (Å²) in [7, 11) is 0. The van der Waals surface area contributed by atoms with Crippen molar-refractivity contribution in [2.45, 2.75) is 18.8 Å². The molecule has 120 valence electrons. The number of fused-ring (bicyclic) bond motifs is 3. The summed E-state index contributed by atoms with van der Waals surface area (Å²) in [6, 6.07) is 11.8. The number of aromatic nitrogens is 1. The molecule has 1 aromatic heterocycles. The molecule has 1 aliphatic heterocycles. The highest BCUT2D eigenvalue weighted by Crippen LogP contribution is 2.45. The van der Waals surface area contributed by atoms with Crippen molar-refractivity contribution in [1.82, 2.24) is 4.98 Å². The molecule has 1 aliphatic carbocycles. The van der Waals surface area contributed by atoms with Gasteiger partial charge < -0.3 is 15.2 Å². The van der Waals surface area contributed by atoms with Gasteiger partial charge in [0, 0.05) is 33.3 Å².